The SMILES string of the molecule is CCCNCCOCC1CN(C(C)C)CCO1. The van der Waals surface area contributed by atoms with Gasteiger partial charge in [-0.15, -0.1) is 0 Å². The van der Waals surface area contributed by atoms with E-state index in [9.17, 15) is 0 Å². The van der Waals surface area contributed by atoms with Crippen LogP contribution < -0.4 is 5.32 Å². The van der Waals surface area contributed by atoms with E-state index in [1.54, 1.807) is 0 Å². The van der Waals surface area contributed by atoms with Crippen LogP contribution in [0.2, 0.25) is 0 Å². The van der Waals surface area contributed by atoms with E-state index < -0.39 is 0 Å². The van der Waals surface area contributed by atoms with Crippen LogP contribution in [-0.2, 0) is 9.47 Å². The molecule has 0 aromatic rings. The lowest BCUT2D eigenvalue weighted by molar-refractivity contribution is -0.0753. The lowest BCUT2D eigenvalue weighted by Gasteiger charge is -2.35. The van der Waals surface area contributed by atoms with E-state index in [1.807, 2.05) is 0 Å². The van der Waals surface area contributed by atoms with Gasteiger partial charge < -0.3 is 14.8 Å². The molecule has 0 aromatic heterocycles. The number of morpholine rings is 1. The van der Waals surface area contributed by atoms with E-state index in [-0.39, 0.29) is 6.10 Å². The summed E-state index contributed by atoms with van der Waals surface area (Å²) < 4.78 is 11.3. The Morgan fingerprint density at radius 2 is 2.24 bits per heavy atom. The highest BCUT2D eigenvalue weighted by atomic mass is 16.5. The van der Waals surface area contributed by atoms with Gasteiger partial charge in [-0.3, -0.25) is 4.90 Å². The van der Waals surface area contributed by atoms with Gasteiger partial charge in [-0.1, -0.05) is 6.92 Å². The van der Waals surface area contributed by atoms with E-state index in [0.717, 1.165) is 46.0 Å². The lowest BCUT2D eigenvalue weighted by atomic mass is 10.2. The Hall–Kier alpha value is -0.160. The summed E-state index contributed by atoms with van der Waals surface area (Å²) in [5.74, 6) is 0. The van der Waals surface area contributed by atoms with E-state index >= 15 is 0 Å². The maximum atomic E-state index is 5.70. The van der Waals surface area contributed by atoms with Crippen LogP contribution in [0.5, 0.6) is 0 Å². The first kappa shape index (κ1) is 14.9. The number of ether oxygens (including phenoxy) is 2. The first-order valence-corrected chi connectivity index (χ1v) is 6.88. The van der Waals surface area contributed by atoms with Gasteiger partial charge in [0, 0.05) is 25.7 Å². The monoisotopic (exact) mass is 244 g/mol. The second kappa shape index (κ2) is 8.86. The highest BCUT2D eigenvalue weighted by molar-refractivity contribution is 4.73. The molecule has 0 amide bonds. The minimum Gasteiger partial charge on any atom is -0.377 e. The Bertz CT molecular complexity index is 188. The van der Waals surface area contributed by atoms with E-state index in [2.05, 4.69) is 31.0 Å². The molecule has 4 heteroatoms. The van der Waals surface area contributed by atoms with Crippen LogP contribution in [0.25, 0.3) is 0 Å². The molecule has 0 saturated carbocycles. The molecular formula is C13H28N2O2. The first-order chi connectivity index (χ1) is 8.24. The summed E-state index contributed by atoms with van der Waals surface area (Å²) in [5, 5.41) is 3.32. The van der Waals surface area contributed by atoms with Crippen molar-refractivity contribution in [2.75, 3.05) is 46.0 Å². The van der Waals surface area contributed by atoms with Crippen molar-refractivity contribution in [2.24, 2.45) is 0 Å². The molecule has 0 spiro atoms. The maximum Gasteiger partial charge on any atom is 0.0935 e. The molecule has 0 aromatic carbocycles. The van der Waals surface area contributed by atoms with E-state index in [1.165, 1.54) is 6.42 Å². The van der Waals surface area contributed by atoms with Crippen molar-refractivity contribution in [3.63, 3.8) is 0 Å². The van der Waals surface area contributed by atoms with Crippen molar-refractivity contribution in [3.8, 4) is 0 Å². The summed E-state index contributed by atoms with van der Waals surface area (Å²) in [5.41, 5.74) is 0. The second-order valence-corrected chi connectivity index (χ2v) is 4.91. The van der Waals surface area contributed by atoms with Crippen molar-refractivity contribution >= 4 is 0 Å². The van der Waals surface area contributed by atoms with Crippen molar-refractivity contribution < 1.29 is 9.47 Å². The van der Waals surface area contributed by atoms with Gasteiger partial charge in [-0.2, -0.15) is 0 Å². The van der Waals surface area contributed by atoms with Gasteiger partial charge in [0.15, 0.2) is 0 Å². The largest absolute Gasteiger partial charge is 0.377 e. The molecule has 0 aliphatic carbocycles. The van der Waals surface area contributed by atoms with Gasteiger partial charge >= 0.3 is 0 Å². The topological polar surface area (TPSA) is 33.7 Å². The summed E-state index contributed by atoms with van der Waals surface area (Å²) in [6.45, 7) is 13.0. The molecule has 4 nitrogen and oxygen atoms in total. The predicted molar refractivity (Wildman–Crippen MR) is 70.4 cm³/mol. The Morgan fingerprint density at radius 1 is 1.41 bits per heavy atom. The Morgan fingerprint density at radius 3 is 2.94 bits per heavy atom. The number of hydrogen-bond acceptors (Lipinski definition) is 4. The van der Waals surface area contributed by atoms with Gasteiger partial charge in [0.1, 0.15) is 0 Å². The van der Waals surface area contributed by atoms with Crippen LogP contribution in [0.3, 0.4) is 0 Å². The van der Waals surface area contributed by atoms with Gasteiger partial charge in [0.05, 0.1) is 25.9 Å². The van der Waals surface area contributed by atoms with Gasteiger partial charge in [-0.25, -0.2) is 0 Å². The molecule has 17 heavy (non-hydrogen) atoms. The molecule has 1 aliphatic heterocycles. The second-order valence-electron chi connectivity index (χ2n) is 4.91. The highest BCUT2D eigenvalue weighted by Crippen LogP contribution is 2.08. The molecule has 102 valence electrons. The van der Waals surface area contributed by atoms with Gasteiger partial charge in [-0.05, 0) is 26.8 Å². The summed E-state index contributed by atoms with van der Waals surface area (Å²) in [6, 6.07) is 0.604. The summed E-state index contributed by atoms with van der Waals surface area (Å²) in [6.07, 6.45) is 1.42. The Labute approximate surface area is 106 Å². The molecule has 1 heterocycles. The fraction of sp³-hybridized carbons (Fsp3) is 1.00. The molecule has 0 radical (unpaired) electrons. The minimum atomic E-state index is 0.248. The molecule has 1 atom stereocenters. The lowest BCUT2D eigenvalue weighted by Crippen LogP contribution is -2.47. The highest BCUT2D eigenvalue weighted by Gasteiger charge is 2.21. The predicted octanol–water partition coefficient (Wildman–Crippen LogP) is 1.11. The number of hydrogen-bond donors (Lipinski definition) is 1. The Balaban J connectivity index is 2.02. The number of nitrogens with zero attached hydrogens (tertiary/aromatic N) is 1. The number of nitrogens with one attached hydrogen (secondary N) is 1. The smallest absolute Gasteiger partial charge is 0.0935 e. The normalized spacial score (nSPS) is 22.2. The third-order valence-electron chi connectivity index (χ3n) is 3.05. The van der Waals surface area contributed by atoms with Gasteiger partial charge in [0.25, 0.3) is 0 Å². The standard InChI is InChI=1S/C13H28N2O2/c1-4-5-14-6-8-16-11-13-10-15(12(2)3)7-9-17-13/h12-14H,4-11H2,1-3H3. The molecule has 1 N–H and O–H groups in total. The first-order valence-electron chi connectivity index (χ1n) is 6.88. The molecule has 1 unspecified atom stereocenters. The van der Waals surface area contributed by atoms with Crippen molar-refractivity contribution in [2.45, 2.75) is 39.3 Å². The molecule has 1 saturated heterocycles. The third kappa shape index (κ3) is 6.36. The average molecular weight is 244 g/mol. The fourth-order valence-corrected chi connectivity index (χ4v) is 1.97. The summed E-state index contributed by atoms with van der Waals surface area (Å²) in [7, 11) is 0. The molecule has 1 fully saturated rings. The third-order valence-corrected chi connectivity index (χ3v) is 3.05. The van der Waals surface area contributed by atoms with E-state index in [0.29, 0.717) is 6.04 Å². The molecule has 0 bridgehead atoms. The van der Waals surface area contributed by atoms with Crippen molar-refractivity contribution in [1.29, 1.82) is 0 Å². The summed E-state index contributed by atoms with van der Waals surface area (Å²) >= 11 is 0. The maximum absolute atomic E-state index is 5.70. The molecule has 1 rings (SSSR count). The quantitative estimate of drug-likeness (QED) is 0.649. The van der Waals surface area contributed by atoms with Crippen LogP contribution in [0.15, 0.2) is 0 Å². The zero-order chi connectivity index (χ0) is 12.5. The summed E-state index contributed by atoms with van der Waals surface area (Å²) in [4.78, 5) is 2.45. The van der Waals surface area contributed by atoms with E-state index in [4.69, 9.17) is 9.47 Å². The van der Waals surface area contributed by atoms with Crippen LogP contribution in [0.1, 0.15) is 27.2 Å². The van der Waals surface area contributed by atoms with Crippen LogP contribution in [-0.4, -0.2) is 63.0 Å². The van der Waals surface area contributed by atoms with Crippen LogP contribution >= 0.6 is 0 Å². The number of rotatable bonds is 8. The molecular weight excluding hydrogens is 216 g/mol. The zero-order valence-electron chi connectivity index (χ0n) is 11.6. The van der Waals surface area contributed by atoms with Crippen LogP contribution in [0, 0.1) is 0 Å². The molecule has 1 aliphatic rings. The minimum absolute atomic E-state index is 0.248. The average Bonchev–Trinajstić information content (AvgIpc) is 2.34. The zero-order valence-corrected chi connectivity index (χ0v) is 11.6. The van der Waals surface area contributed by atoms with Gasteiger partial charge in [0.2, 0.25) is 0 Å². The Kier molecular flexibility index (Phi) is 7.77. The van der Waals surface area contributed by atoms with Crippen molar-refractivity contribution in [1.82, 2.24) is 10.2 Å². The van der Waals surface area contributed by atoms with Crippen molar-refractivity contribution in [3.05, 3.63) is 0 Å². The van der Waals surface area contributed by atoms with Crippen LogP contribution in [0.4, 0.5) is 0 Å². The fourth-order valence-electron chi connectivity index (χ4n) is 1.97.